The minimum absolute atomic E-state index is 0.459. The van der Waals surface area contributed by atoms with Gasteiger partial charge in [-0.1, -0.05) is 18.2 Å². The van der Waals surface area contributed by atoms with Crippen LogP contribution in [0.3, 0.4) is 0 Å². The summed E-state index contributed by atoms with van der Waals surface area (Å²) in [4.78, 5) is 18.2. The van der Waals surface area contributed by atoms with E-state index in [1.807, 2.05) is 25.1 Å². The van der Waals surface area contributed by atoms with Crippen molar-refractivity contribution < 1.29 is 0 Å². The van der Waals surface area contributed by atoms with Gasteiger partial charge >= 0.3 is 0 Å². The van der Waals surface area contributed by atoms with Gasteiger partial charge < -0.3 is 11.1 Å². The smallest absolute Gasteiger partial charge is 0.159 e. The molecule has 7 heteroatoms. The third kappa shape index (κ3) is 4.38. The Morgan fingerprint density at radius 1 is 1.19 bits per heavy atom. The van der Waals surface area contributed by atoms with Gasteiger partial charge in [0.15, 0.2) is 11.7 Å². The van der Waals surface area contributed by atoms with Crippen LogP contribution in [0.25, 0.3) is 0 Å². The van der Waals surface area contributed by atoms with Crippen molar-refractivity contribution in [2.75, 3.05) is 37.8 Å². The maximum absolute atomic E-state index is 6.17. The normalized spacial score (nSPS) is 20.6. The zero-order valence-electron chi connectivity index (χ0n) is 18.5. The highest BCUT2D eigenvalue weighted by atomic mass is 15.3. The van der Waals surface area contributed by atoms with Crippen LogP contribution in [0.5, 0.6) is 0 Å². The molecule has 0 bridgehead atoms. The molecule has 1 aromatic heterocycles. The number of amidine groups is 2. The molecule has 7 nitrogen and oxygen atoms in total. The predicted octanol–water partition coefficient (Wildman–Crippen LogP) is 3.05. The highest BCUT2D eigenvalue weighted by Crippen LogP contribution is 2.29. The van der Waals surface area contributed by atoms with Gasteiger partial charge in [0.1, 0.15) is 11.5 Å². The van der Waals surface area contributed by atoms with Crippen LogP contribution in [-0.4, -0.2) is 54.8 Å². The van der Waals surface area contributed by atoms with Gasteiger partial charge in [-0.2, -0.15) is 0 Å². The quantitative estimate of drug-likeness (QED) is 0.781. The molecule has 0 unspecified atom stereocenters. The van der Waals surface area contributed by atoms with Crippen LogP contribution >= 0.6 is 0 Å². The van der Waals surface area contributed by atoms with Gasteiger partial charge in [0.25, 0.3) is 0 Å². The first-order chi connectivity index (χ1) is 15.1. The standard InChI is InChI=1S/C24H31N7/c1-4-21-24(27-3)31(23(29-21)20-6-5-13-28-22(20)25)19-9-7-17(8-10-19)16-30-14-11-18(26-2)12-15-30/h4-10,13,18,26H,11-12,14-16H2,1-3H3,(H2,25,28)/b21-4+,27-24?. The number of nitrogen functional groups attached to an aromatic ring is 1. The number of pyridine rings is 1. The molecule has 2 aliphatic heterocycles. The largest absolute Gasteiger partial charge is 0.383 e. The first-order valence-electron chi connectivity index (χ1n) is 10.9. The van der Waals surface area contributed by atoms with Crippen molar-refractivity contribution in [1.29, 1.82) is 0 Å². The van der Waals surface area contributed by atoms with Gasteiger partial charge in [-0.15, -0.1) is 0 Å². The van der Waals surface area contributed by atoms with Gasteiger partial charge in [0, 0.05) is 31.5 Å². The number of hydrogen-bond acceptors (Lipinski definition) is 6. The molecular formula is C24H31N7. The van der Waals surface area contributed by atoms with Crippen LogP contribution in [0.1, 0.15) is 30.9 Å². The molecule has 0 aliphatic carbocycles. The van der Waals surface area contributed by atoms with E-state index in [-0.39, 0.29) is 0 Å². The maximum Gasteiger partial charge on any atom is 0.159 e. The number of nitrogens with zero attached hydrogens (tertiary/aromatic N) is 5. The Morgan fingerprint density at radius 2 is 1.94 bits per heavy atom. The van der Waals surface area contributed by atoms with Crippen LogP contribution in [0, 0.1) is 0 Å². The van der Waals surface area contributed by atoms with E-state index in [1.165, 1.54) is 18.4 Å². The Morgan fingerprint density at radius 3 is 2.55 bits per heavy atom. The molecule has 31 heavy (non-hydrogen) atoms. The molecule has 0 amide bonds. The lowest BCUT2D eigenvalue weighted by Gasteiger charge is -2.31. The van der Waals surface area contributed by atoms with E-state index >= 15 is 0 Å². The zero-order valence-corrected chi connectivity index (χ0v) is 18.5. The van der Waals surface area contributed by atoms with E-state index in [2.05, 4.69) is 56.4 Å². The number of rotatable bonds is 5. The fourth-order valence-corrected chi connectivity index (χ4v) is 4.26. The van der Waals surface area contributed by atoms with Crippen molar-refractivity contribution in [3.63, 3.8) is 0 Å². The monoisotopic (exact) mass is 417 g/mol. The molecule has 1 fully saturated rings. The van der Waals surface area contributed by atoms with Crippen molar-refractivity contribution in [1.82, 2.24) is 15.2 Å². The Labute approximate surface area is 184 Å². The number of aromatic nitrogens is 1. The predicted molar refractivity (Wildman–Crippen MR) is 129 cm³/mol. The number of allylic oxidation sites excluding steroid dienone is 1. The molecule has 0 atom stereocenters. The third-order valence-electron chi connectivity index (χ3n) is 6.04. The zero-order chi connectivity index (χ0) is 21.8. The van der Waals surface area contributed by atoms with Crippen LogP contribution in [-0.2, 0) is 6.54 Å². The number of hydrogen-bond donors (Lipinski definition) is 2. The van der Waals surface area contributed by atoms with Crippen molar-refractivity contribution in [2.24, 2.45) is 9.98 Å². The third-order valence-corrected chi connectivity index (χ3v) is 6.04. The van der Waals surface area contributed by atoms with Crippen molar-refractivity contribution in [3.05, 3.63) is 65.5 Å². The summed E-state index contributed by atoms with van der Waals surface area (Å²) in [5.74, 6) is 2.02. The van der Waals surface area contributed by atoms with Crippen molar-refractivity contribution in [2.45, 2.75) is 32.4 Å². The average Bonchev–Trinajstić information content (AvgIpc) is 3.19. The summed E-state index contributed by atoms with van der Waals surface area (Å²) in [5.41, 5.74) is 10.1. The molecule has 4 rings (SSSR count). The minimum Gasteiger partial charge on any atom is -0.383 e. The summed E-state index contributed by atoms with van der Waals surface area (Å²) < 4.78 is 0. The number of aliphatic imine (C=N–C) groups is 2. The molecule has 162 valence electrons. The second-order valence-corrected chi connectivity index (χ2v) is 7.93. The van der Waals surface area contributed by atoms with Crippen LogP contribution < -0.4 is 16.0 Å². The molecule has 0 spiro atoms. The number of nitrogens with two attached hydrogens (primary N) is 1. The highest BCUT2D eigenvalue weighted by Gasteiger charge is 2.31. The fourth-order valence-electron chi connectivity index (χ4n) is 4.26. The summed E-state index contributed by atoms with van der Waals surface area (Å²) in [6.45, 7) is 5.21. The van der Waals surface area contributed by atoms with Crippen molar-refractivity contribution in [3.8, 4) is 0 Å². The van der Waals surface area contributed by atoms with Gasteiger partial charge in [0.2, 0.25) is 0 Å². The number of benzene rings is 1. The second kappa shape index (κ2) is 9.41. The second-order valence-electron chi connectivity index (χ2n) is 7.93. The first kappa shape index (κ1) is 21.2. The van der Waals surface area contributed by atoms with Crippen LogP contribution in [0.2, 0.25) is 0 Å². The number of piperidine rings is 1. The van der Waals surface area contributed by atoms with E-state index < -0.39 is 0 Å². The Kier molecular flexibility index (Phi) is 6.44. The number of nitrogens with one attached hydrogen (secondary N) is 1. The summed E-state index contributed by atoms with van der Waals surface area (Å²) >= 11 is 0. The fraction of sp³-hybridized carbons (Fsp3) is 0.375. The lowest BCUT2D eigenvalue weighted by Crippen LogP contribution is -2.40. The van der Waals surface area contributed by atoms with E-state index in [9.17, 15) is 0 Å². The van der Waals surface area contributed by atoms with Gasteiger partial charge in [-0.05, 0) is 69.7 Å². The topological polar surface area (TPSA) is 82.1 Å². The maximum atomic E-state index is 6.17. The Bertz CT molecular complexity index is 999. The Hall–Kier alpha value is -3.03. The van der Waals surface area contributed by atoms with E-state index in [4.69, 9.17) is 10.7 Å². The number of likely N-dealkylation sites (tertiary alicyclic amines) is 1. The average molecular weight is 418 g/mol. The van der Waals surface area contributed by atoms with Gasteiger partial charge in [0.05, 0.1) is 5.56 Å². The molecule has 0 radical (unpaired) electrons. The summed E-state index contributed by atoms with van der Waals surface area (Å²) in [5, 5.41) is 3.39. The summed E-state index contributed by atoms with van der Waals surface area (Å²) in [6, 6.07) is 13.2. The Balaban J connectivity index is 1.58. The van der Waals surface area contributed by atoms with E-state index in [0.717, 1.165) is 48.3 Å². The molecule has 2 aliphatic rings. The summed E-state index contributed by atoms with van der Waals surface area (Å²) in [7, 11) is 3.85. The molecule has 3 N–H and O–H groups in total. The number of anilines is 2. The van der Waals surface area contributed by atoms with Crippen LogP contribution in [0.15, 0.2) is 64.4 Å². The van der Waals surface area contributed by atoms with Crippen molar-refractivity contribution >= 4 is 23.2 Å². The lowest BCUT2D eigenvalue weighted by atomic mass is 10.0. The molecule has 2 aromatic rings. The molecular weight excluding hydrogens is 386 g/mol. The first-order valence-corrected chi connectivity index (χ1v) is 10.9. The SMILES string of the molecule is C/C=C1/N=C(c2cccnc2N)N(c2ccc(CN3CCC(NC)CC3)cc2)C1=NC. The van der Waals surface area contributed by atoms with Crippen LogP contribution in [0.4, 0.5) is 11.5 Å². The molecule has 1 saturated heterocycles. The van der Waals surface area contributed by atoms with E-state index in [0.29, 0.717) is 11.9 Å². The minimum atomic E-state index is 0.459. The van der Waals surface area contributed by atoms with Gasteiger partial charge in [-0.3, -0.25) is 14.8 Å². The highest BCUT2D eigenvalue weighted by molar-refractivity contribution is 6.34. The van der Waals surface area contributed by atoms with E-state index in [1.54, 1.807) is 13.2 Å². The molecule has 1 aromatic carbocycles. The molecule has 3 heterocycles. The summed E-state index contributed by atoms with van der Waals surface area (Å²) in [6.07, 6.45) is 6.07. The molecule has 0 saturated carbocycles. The lowest BCUT2D eigenvalue weighted by molar-refractivity contribution is 0.194. The van der Waals surface area contributed by atoms with Gasteiger partial charge in [-0.25, -0.2) is 9.98 Å².